The van der Waals surface area contributed by atoms with Crippen LogP contribution in [-0.4, -0.2) is 31.1 Å². The average molecular weight is 427 g/mol. The van der Waals surface area contributed by atoms with Crippen LogP contribution >= 0.6 is 11.3 Å². The Kier molecular flexibility index (Phi) is 6.11. The van der Waals surface area contributed by atoms with Crippen LogP contribution < -0.4 is 10.0 Å². The third kappa shape index (κ3) is 4.39. The fraction of sp³-hybridized carbons (Fsp3) is 0.500. The van der Waals surface area contributed by atoms with Crippen molar-refractivity contribution in [3.63, 3.8) is 0 Å². The second kappa shape index (κ2) is 8.22. The quantitative estimate of drug-likeness (QED) is 0.737. The number of anilines is 1. The maximum absolute atomic E-state index is 14.1. The molecule has 7 nitrogen and oxygen atoms in total. The van der Waals surface area contributed by atoms with Gasteiger partial charge in [-0.2, -0.15) is 0 Å². The molecule has 2 N–H and O–H groups in total. The lowest BCUT2D eigenvalue weighted by molar-refractivity contribution is 0.102. The van der Waals surface area contributed by atoms with Crippen LogP contribution in [-0.2, 0) is 15.4 Å². The highest BCUT2D eigenvalue weighted by Crippen LogP contribution is 2.40. The first kappa shape index (κ1) is 20.8. The summed E-state index contributed by atoms with van der Waals surface area (Å²) in [6, 6.07) is 3.11. The van der Waals surface area contributed by atoms with Crippen molar-refractivity contribution in [2.75, 3.05) is 11.9 Å². The van der Waals surface area contributed by atoms with E-state index in [2.05, 4.69) is 27.2 Å². The van der Waals surface area contributed by atoms with Crippen LogP contribution in [0.5, 0.6) is 0 Å². The van der Waals surface area contributed by atoms with Crippen LogP contribution in [0.3, 0.4) is 0 Å². The number of nitrogens with one attached hydrogen (secondary N) is 2. The molecule has 28 heavy (non-hydrogen) atoms. The Bertz CT molecular complexity index is 969. The minimum Gasteiger partial charge on any atom is -0.296 e. The zero-order chi connectivity index (χ0) is 20.4. The molecule has 1 aliphatic carbocycles. The average Bonchev–Trinajstić information content (AvgIpc) is 3.12. The second-order valence-electron chi connectivity index (χ2n) is 7.13. The standard InChI is InChI=1S/C18H23FN4O3S2/c1-3-20-28(25,26)12-7-8-14(19)13(11-12)15(24)21-17-23-22-16(27-17)18(2)9-5-4-6-10-18/h7-8,11,20H,3-6,9-10H2,1-2H3,(H,21,23,24). The van der Waals surface area contributed by atoms with Crippen molar-refractivity contribution in [2.24, 2.45) is 0 Å². The van der Waals surface area contributed by atoms with Gasteiger partial charge in [-0.1, -0.05) is 44.4 Å². The number of benzene rings is 1. The van der Waals surface area contributed by atoms with E-state index in [1.54, 1.807) is 6.92 Å². The van der Waals surface area contributed by atoms with Gasteiger partial charge in [0, 0.05) is 12.0 Å². The highest BCUT2D eigenvalue weighted by atomic mass is 32.2. The first-order chi connectivity index (χ1) is 13.2. The Labute approximate surface area is 167 Å². The number of aromatic nitrogens is 2. The van der Waals surface area contributed by atoms with E-state index in [-0.39, 0.29) is 27.6 Å². The Morgan fingerprint density at radius 3 is 2.64 bits per heavy atom. The molecule has 1 aromatic heterocycles. The molecule has 0 spiro atoms. The van der Waals surface area contributed by atoms with Gasteiger partial charge in [-0.15, -0.1) is 10.2 Å². The molecule has 0 aliphatic heterocycles. The van der Waals surface area contributed by atoms with Gasteiger partial charge >= 0.3 is 0 Å². The normalized spacial score (nSPS) is 16.7. The van der Waals surface area contributed by atoms with Crippen molar-refractivity contribution in [2.45, 2.75) is 56.3 Å². The topological polar surface area (TPSA) is 101 Å². The molecule has 0 unspecified atom stereocenters. The molecule has 2 aromatic rings. The number of carbonyl (C=O) groups excluding carboxylic acids is 1. The van der Waals surface area contributed by atoms with Gasteiger partial charge < -0.3 is 0 Å². The third-order valence-corrected chi connectivity index (χ3v) is 7.63. The number of amides is 1. The van der Waals surface area contributed by atoms with E-state index in [1.807, 2.05) is 0 Å². The molecule has 10 heteroatoms. The van der Waals surface area contributed by atoms with Gasteiger partial charge in [-0.05, 0) is 31.0 Å². The summed E-state index contributed by atoms with van der Waals surface area (Å²) in [5.74, 6) is -1.57. The van der Waals surface area contributed by atoms with Crippen LogP contribution in [0.25, 0.3) is 0 Å². The summed E-state index contributed by atoms with van der Waals surface area (Å²) >= 11 is 1.28. The van der Waals surface area contributed by atoms with Crippen molar-refractivity contribution >= 4 is 32.4 Å². The van der Waals surface area contributed by atoms with Gasteiger partial charge in [-0.3, -0.25) is 10.1 Å². The van der Waals surface area contributed by atoms with Crippen molar-refractivity contribution in [1.82, 2.24) is 14.9 Å². The van der Waals surface area contributed by atoms with E-state index in [0.717, 1.165) is 48.9 Å². The van der Waals surface area contributed by atoms with Crippen molar-refractivity contribution in [1.29, 1.82) is 0 Å². The van der Waals surface area contributed by atoms with E-state index in [1.165, 1.54) is 17.8 Å². The number of carbonyl (C=O) groups is 1. The predicted molar refractivity (Wildman–Crippen MR) is 106 cm³/mol. The highest BCUT2D eigenvalue weighted by molar-refractivity contribution is 7.89. The van der Waals surface area contributed by atoms with Crippen molar-refractivity contribution < 1.29 is 17.6 Å². The van der Waals surface area contributed by atoms with E-state index >= 15 is 0 Å². The molecular formula is C18H23FN4O3S2. The highest BCUT2D eigenvalue weighted by Gasteiger charge is 2.32. The van der Waals surface area contributed by atoms with Gasteiger partial charge in [0.1, 0.15) is 10.8 Å². The molecule has 1 saturated carbocycles. The SMILES string of the molecule is CCNS(=O)(=O)c1ccc(F)c(C(=O)Nc2nnc(C3(C)CCCCC3)s2)c1. The van der Waals surface area contributed by atoms with Gasteiger partial charge in [0.05, 0.1) is 10.5 Å². The van der Waals surface area contributed by atoms with Crippen molar-refractivity contribution in [3.8, 4) is 0 Å². The van der Waals surface area contributed by atoms with E-state index < -0.39 is 21.7 Å². The number of hydrogen-bond donors (Lipinski definition) is 2. The molecule has 1 amide bonds. The number of nitrogens with zero attached hydrogens (tertiary/aromatic N) is 2. The molecule has 0 radical (unpaired) electrons. The molecule has 1 aliphatic rings. The van der Waals surface area contributed by atoms with Crippen LogP contribution in [0.4, 0.5) is 9.52 Å². The fourth-order valence-corrected chi connectivity index (χ4v) is 5.35. The molecule has 1 heterocycles. The van der Waals surface area contributed by atoms with Crippen LogP contribution in [0.15, 0.2) is 23.1 Å². The van der Waals surface area contributed by atoms with Crippen LogP contribution in [0.2, 0.25) is 0 Å². The zero-order valence-electron chi connectivity index (χ0n) is 15.8. The summed E-state index contributed by atoms with van der Waals surface area (Å²) < 4.78 is 40.7. The molecule has 0 saturated heterocycles. The minimum atomic E-state index is -3.80. The van der Waals surface area contributed by atoms with E-state index in [9.17, 15) is 17.6 Å². The number of halogens is 1. The van der Waals surface area contributed by atoms with Crippen LogP contribution in [0.1, 0.15) is 61.3 Å². The smallest absolute Gasteiger partial charge is 0.260 e. The van der Waals surface area contributed by atoms with E-state index in [4.69, 9.17) is 0 Å². The van der Waals surface area contributed by atoms with Gasteiger partial charge in [-0.25, -0.2) is 17.5 Å². The number of rotatable bonds is 6. The Balaban J connectivity index is 1.80. The zero-order valence-corrected chi connectivity index (χ0v) is 17.4. The minimum absolute atomic E-state index is 0.0516. The van der Waals surface area contributed by atoms with Gasteiger partial charge in [0.15, 0.2) is 0 Å². The third-order valence-electron chi connectivity index (χ3n) is 4.95. The van der Waals surface area contributed by atoms with Gasteiger partial charge in [0.25, 0.3) is 5.91 Å². The first-order valence-corrected chi connectivity index (χ1v) is 11.5. The largest absolute Gasteiger partial charge is 0.296 e. The lowest BCUT2D eigenvalue weighted by Crippen LogP contribution is -2.24. The van der Waals surface area contributed by atoms with E-state index in [0.29, 0.717) is 0 Å². The fourth-order valence-electron chi connectivity index (χ4n) is 3.35. The molecular weight excluding hydrogens is 403 g/mol. The van der Waals surface area contributed by atoms with Crippen molar-refractivity contribution in [3.05, 3.63) is 34.6 Å². The Morgan fingerprint density at radius 1 is 1.25 bits per heavy atom. The lowest BCUT2D eigenvalue weighted by atomic mass is 9.76. The Hall–Kier alpha value is -1.91. The molecule has 152 valence electrons. The first-order valence-electron chi connectivity index (χ1n) is 9.20. The van der Waals surface area contributed by atoms with Crippen LogP contribution in [0, 0.1) is 5.82 Å². The number of hydrogen-bond acceptors (Lipinski definition) is 6. The molecule has 3 rings (SSSR count). The molecule has 0 bridgehead atoms. The summed E-state index contributed by atoms with van der Waals surface area (Å²) in [6.45, 7) is 3.97. The predicted octanol–water partition coefficient (Wildman–Crippen LogP) is 3.45. The molecule has 1 aromatic carbocycles. The number of sulfonamides is 1. The summed E-state index contributed by atoms with van der Waals surface area (Å²) in [7, 11) is -3.80. The maximum atomic E-state index is 14.1. The molecule has 0 atom stereocenters. The summed E-state index contributed by atoms with van der Waals surface area (Å²) in [6.07, 6.45) is 5.53. The second-order valence-corrected chi connectivity index (χ2v) is 9.88. The summed E-state index contributed by atoms with van der Waals surface area (Å²) in [4.78, 5) is 12.3. The monoisotopic (exact) mass is 426 g/mol. The van der Waals surface area contributed by atoms with Gasteiger partial charge in [0.2, 0.25) is 15.2 Å². The summed E-state index contributed by atoms with van der Waals surface area (Å²) in [5, 5.41) is 11.9. The lowest BCUT2D eigenvalue weighted by Gasteiger charge is -2.30. The molecule has 1 fully saturated rings. The Morgan fingerprint density at radius 2 is 1.96 bits per heavy atom. The summed E-state index contributed by atoms with van der Waals surface area (Å²) in [5.41, 5.74) is -0.413. The maximum Gasteiger partial charge on any atom is 0.260 e.